The van der Waals surface area contributed by atoms with Crippen molar-refractivity contribution in [3.05, 3.63) is 50.8 Å². The van der Waals surface area contributed by atoms with Gasteiger partial charge in [0.25, 0.3) is 15.9 Å². The number of amides is 1. The third-order valence-electron chi connectivity index (χ3n) is 3.86. The zero-order chi connectivity index (χ0) is 19.0. The standard InChI is InChI=1S/C15H12BrN5O3S3/c16-12-1-2-13(26-12)27(23,24)21-6-3-9-11(8-21)25-15(19-9)20-14(22)10-7-17-4-5-18-10/h1-2,4-5,7H,3,6,8H2,(H,19,20,22). The number of rotatable bonds is 4. The molecule has 1 N–H and O–H groups in total. The Labute approximate surface area is 171 Å². The quantitative estimate of drug-likeness (QED) is 0.608. The molecule has 1 aliphatic heterocycles. The van der Waals surface area contributed by atoms with Crippen LogP contribution in [-0.4, -0.2) is 40.1 Å². The second-order valence-electron chi connectivity index (χ2n) is 5.58. The van der Waals surface area contributed by atoms with Gasteiger partial charge in [-0.15, -0.1) is 22.7 Å². The highest BCUT2D eigenvalue weighted by atomic mass is 79.9. The number of nitrogens with zero attached hydrogens (tertiary/aromatic N) is 4. The van der Waals surface area contributed by atoms with Gasteiger partial charge in [-0.3, -0.25) is 15.1 Å². The summed E-state index contributed by atoms with van der Waals surface area (Å²) >= 11 is 5.76. The molecule has 4 rings (SSSR count). The summed E-state index contributed by atoms with van der Waals surface area (Å²) in [6.45, 7) is 0.595. The average Bonchev–Trinajstić information content (AvgIpc) is 3.27. The van der Waals surface area contributed by atoms with Crippen molar-refractivity contribution in [2.24, 2.45) is 0 Å². The summed E-state index contributed by atoms with van der Waals surface area (Å²) in [5, 5.41) is 3.12. The van der Waals surface area contributed by atoms with Gasteiger partial charge in [0.15, 0.2) is 5.13 Å². The number of hydrogen-bond acceptors (Lipinski definition) is 8. The molecule has 0 aromatic carbocycles. The molecular weight excluding hydrogens is 474 g/mol. The number of carbonyl (C=O) groups excluding carboxylic acids is 1. The molecule has 0 saturated heterocycles. The fourth-order valence-electron chi connectivity index (χ4n) is 2.57. The first-order valence-corrected chi connectivity index (χ1v) is 11.6. The van der Waals surface area contributed by atoms with Crippen LogP contribution < -0.4 is 5.32 Å². The Bertz CT molecular complexity index is 1100. The first-order chi connectivity index (χ1) is 12.9. The molecular formula is C15H12BrN5O3S3. The third-order valence-corrected chi connectivity index (χ3v) is 8.79. The predicted octanol–water partition coefficient (Wildman–Crippen LogP) is 2.76. The van der Waals surface area contributed by atoms with Crippen molar-refractivity contribution >= 4 is 59.7 Å². The lowest BCUT2D eigenvalue weighted by molar-refractivity contribution is 0.102. The van der Waals surface area contributed by atoms with E-state index in [1.54, 1.807) is 12.1 Å². The van der Waals surface area contributed by atoms with E-state index >= 15 is 0 Å². The molecule has 0 spiro atoms. The summed E-state index contributed by atoms with van der Waals surface area (Å²) in [6, 6.07) is 3.32. The Kier molecular flexibility index (Phi) is 5.07. The molecule has 3 aromatic rings. The maximum Gasteiger partial charge on any atom is 0.277 e. The molecule has 1 amide bonds. The lowest BCUT2D eigenvalue weighted by Gasteiger charge is -2.24. The average molecular weight is 486 g/mol. The first kappa shape index (κ1) is 18.6. The molecule has 0 bridgehead atoms. The van der Waals surface area contributed by atoms with E-state index in [4.69, 9.17) is 0 Å². The largest absolute Gasteiger partial charge is 0.296 e. The Morgan fingerprint density at radius 2 is 2.11 bits per heavy atom. The molecule has 0 radical (unpaired) electrons. The number of hydrogen-bond donors (Lipinski definition) is 1. The number of fused-ring (bicyclic) bond motifs is 1. The van der Waals surface area contributed by atoms with E-state index < -0.39 is 15.9 Å². The smallest absolute Gasteiger partial charge is 0.277 e. The molecule has 1 aliphatic rings. The molecule has 0 saturated carbocycles. The van der Waals surface area contributed by atoms with Gasteiger partial charge in [0.1, 0.15) is 9.90 Å². The van der Waals surface area contributed by atoms with E-state index in [-0.39, 0.29) is 12.2 Å². The van der Waals surface area contributed by atoms with Gasteiger partial charge in [-0.2, -0.15) is 4.31 Å². The Morgan fingerprint density at radius 1 is 1.26 bits per heavy atom. The molecule has 27 heavy (non-hydrogen) atoms. The van der Waals surface area contributed by atoms with Crippen molar-refractivity contribution in [3.8, 4) is 0 Å². The summed E-state index contributed by atoms with van der Waals surface area (Å²) in [7, 11) is -3.55. The van der Waals surface area contributed by atoms with Crippen LogP contribution in [0.1, 0.15) is 21.1 Å². The summed E-state index contributed by atoms with van der Waals surface area (Å²) < 4.78 is 28.1. The third kappa shape index (κ3) is 3.80. The van der Waals surface area contributed by atoms with Gasteiger partial charge in [0.05, 0.1) is 22.2 Å². The minimum Gasteiger partial charge on any atom is -0.296 e. The number of halogens is 1. The molecule has 8 nitrogen and oxygen atoms in total. The number of thiazole rings is 1. The Hall–Kier alpha value is -1.73. The summed E-state index contributed by atoms with van der Waals surface area (Å²) in [4.78, 5) is 25.2. The lowest BCUT2D eigenvalue weighted by Crippen LogP contribution is -2.35. The van der Waals surface area contributed by atoms with Gasteiger partial charge in [-0.05, 0) is 28.1 Å². The highest BCUT2D eigenvalue weighted by Gasteiger charge is 2.31. The SMILES string of the molecule is O=C(Nc1nc2c(s1)CN(S(=O)(=O)c1ccc(Br)s1)CC2)c1cnccn1. The molecule has 0 atom stereocenters. The summed E-state index contributed by atoms with van der Waals surface area (Å²) in [6.07, 6.45) is 4.79. The highest BCUT2D eigenvalue weighted by molar-refractivity contribution is 9.11. The minimum absolute atomic E-state index is 0.193. The van der Waals surface area contributed by atoms with E-state index in [1.807, 2.05) is 0 Å². The highest BCUT2D eigenvalue weighted by Crippen LogP contribution is 2.34. The molecule has 0 unspecified atom stereocenters. The van der Waals surface area contributed by atoms with Gasteiger partial charge in [0, 0.05) is 30.2 Å². The van der Waals surface area contributed by atoms with Crippen LogP contribution in [0.15, 0.2) is 38.7 Å². The minimum atomic E-state index is -3.55. The van der Waals surface area contributed by atoms with E-state index in [1.165, 1.54) is 45.6 Å². The maximum atomic E-state index is 12.8. The number of sulfonamides is 1. The van der Waals surface area contributed by atoms with Crippen molar-refractivity contribution in [2.45, 2.75) is 17.2 Å². The van der Waals surface area contributed by atoms with Crippen molar-refractivity contribution in [2.75, 3.05) is 11.9 Å². The zero-order valence-electron chi connectivity index (χ0n) is 13.6. The number of aromatic nitrogens is 3. The summed E-state index contributed by atoms with van der Waals surface area (Å²) in [5.74, 6) is -0.401. The molecule has 140 valence electrons. The number of thiophene rings is 1. The molecule has 3 aromatic heterocycles. The van der Waals surface area contributed by atoms with Gasteiger partial charge in [0.2, 0.25) is 0 Å². The van der Waals surface area contributed by atoms with Crippen LogP contribution in [0.5, 0.6) is 0 Å². The second-order valence-corrected chi connectivity index (χ2v) is 11.3. The molecule has 0 fully saturated rings. The fraction of sp³-hybridized carbons (Fsp3) is 0.200. The number of carbonyl (C=O) groups is 1. The Balaban J connectivity index is 1.52. The van der Waals surface area contributed by atoms with Gasteiger partial charge < -0.3 is 0 Å². The predicted molar refractivity (Wildman–Crippen MR) is 105 cm³/mol. The van der Waals surface area contributed by atoms with Crippen LogP contribution in [-0.2, 0) is 23.0 Å². The van der Waals surface area contributed by atoms with E-state index in [2.05, 4.69) is 36.2 Å². The van der Waals surface area contributed by atoms with Gasteiger partial charge >= 0.3 is 0 Å². The zero-order valence-corrected chi connectivity index (χ0v) is 17.7. The van der Waals surface area contributed by atoms with Gasteiger partial charge in [-0.1, -0.05) is 0 Å². The lowest BCUT2D eigenvalue weighted by atomic mass is 10.2. The van der Waals surface area contributed by atoms with E-state index in [0.717, 1.165) is 14.4 Å². The van der Waals surface area contributed by atoms with Gasteiger partial charge in [-0.25, -0.2) is 18.4 Å². The molecule has 12 heteroatoms. The van der Waals surface area contributed by atoms with E-state index in [9.17, 15) is 13.2 Å². The monoisotopic (exact) mass is 485 g/mol. The Morgan fingerprint density at radius 3 is 2.81 bits per heavy atom. The molecule has 0 aliphatic carbocycles. The number of anilines is 1. The normalized spacial score (nSPS) is 14.7. The molecule has 4 heterocycles. The van der Waals surface area contributed by atoms with Crippen LogP contribution in [0.4, 0.5) is 5.13 Å². The van der Waals surface area contributed by atoms with Crippen molar-refractivity contribution in [3.63, 3.8) is 0 Å². The van der Waals surface area contributed by atoms with Crippen LogP contribution in [0.3, 0.4) is 0 Å². The van der Waals surface area contributed by atoms with Crippen LogP contribution in [0, 0.1) is 0 Å². The van der Waals surface area contributed by atoms with Crippen molar-refractivity contribution in [1.82, 2.24) is 19.3 Å². The van der Waals surface area contributed by atoms with Crippen molar-refractivity contribution < 1.29 is 13.2 Å². The van der Waals surface area contributed by atoms with Crippen LogP contribution in [0.2, 0.25) is 0 Å². The van der Waals surface area contributed by atoms with Crippen LogP contribution in [0.25, 0.3) is 0 Å². The topological polar surface area (TPSA) is 105 Å². The number of nitrogens with one attached hydrogen (secondary N) is 1. The first-order valence-electron chi connectivity index (χ1n) is 7.75. The fourth-order valence-corrected chi connectivity index (χ4v) is 7.25. The maximum absolute atomic E-state index is 12.8. The summed E-state index contributed by atoms with van der Waals surface area (Å²) in [5.41, 5.74) is 1.01. The van der Waals surface area contributed by atoms with Crippen molar-refractivity contribution in [1.29, 1.82) is 0 Å². The van der Waals surface area contributed by atoms with E-state index in [0.29, 0.717) is 22.3 Å². The second kappa shape index (κ2) is 7.36. The van der Waals surface area contributed by atoms with Crippen LogP contribution >= 0.6 is 38.6 Å².